The summed E-state index contributed by atoms with van der Waals surface area (Å²) in [5.41, 5.74) is 4.25. The van der Waals surface area contributed by atoms with E-state index in [1.54, 1.807) is 0 Å². The van der Waals surface area contributed by atoms with Crippen LogP contribution in [0.4, 0.5) is 5.69 Å². The summed E-state index contributed by atoms with van der Waals surface area (Å²) in [4.78, 5) is 27.5. The van der Waals surface area contributed by atoms with Gasteiger partial charge in [-0.15, -0.1) is 0 Å². The van der Waals surface area contributed by atoms with Crippen molar-refractivity contribution in [1.29, 1.82) is 0 Å². The van der Waals surface area contributed by atoms with E-state index in [0.29, 0.717) is 18.0 Å². The monoisotopic (exact) mass is 427 g/mol. The molecule has 0 aliphatic carbocycles. The molecule has 0 saturated heterocycles. The topological polar surface area (TPSA) is 61.4 Å². The highest BCUT2D eigenvalue weighted by atomic mass is 16.2. The van der Waals surface area contributed by atoms with Crippen molar-refractivity contribution in [3.05, 3.63) is 101 Å². The van der Waals surface area contributed by atoms with E-state index in [0.717, 1.165) is 22.4 Å². The van der Waals surface area contributed by atoms with Crippen LogP contribution in [0.15, 0.2) is 78.9 Å². The molecule has 5 heteroatoms. The molecule has 0 unspecified atom stereocenters. The lowest BCUT2D eigenvalue weighted by Gasteiger charge is -2.28. The molecule has 4 rings (SSSR count). The van der Waals surface area contributed by atoms with Gasteiger partial charge in [0.05, 0.1) is 6.04 Å². The predicted molar refractivity (Wildman–Crippen MR) is 127 cm³/mol. The van der Waals surface area contributed by atoms with Gasteiger partial charge in [0.1, 0.15) is 6.17 Å². The predicted octanol–water partition coefficient (Wildman–Crippen LogP) is 5.40. The molecular weight excluding hydrogens is 398 g/mol. The van der Waals surface area contributed by atoms with Gasteiger partial charge in [-0.05, 0) is 48.7 Å². The Balaban J connectivity index is 1.48. The normalized spacial score (nSPS) is 16.1. The first-order chi connectivity index (χ1) is 15.4. The molecule has 1 heterocycles. The van der Waals surface area contributed by atoms with Crippen LogP contribution in [0.1, 0.15) is 64.8 Å². The minimum absolute atomic E-state index is 0.0534. The second-order valence-electron chi connectivity index (χ2n) is 8.67. The van der Waals surface area contributed by atoms with E-state index >= 15 is 0 Å². The molecule has 164 valence electrons. The summed E-state index contributed by atoms with van der Waals surface area (Å²) in [6, 6.07) is 25.0. The summed E-state index contributed by atoms with van der Waals surface area (Å²) in [5, 5.41) is 6.53. The summed E-state index contributed by atoms with van der Waals surface area (Å²) in [6.45, 7) is 6.86. The smallest absolute Gasteiger partial charge is 0.256 e. The summed E-state index contributed by atoms with van der Waals surface area (Å²) in [7, 11) is 0. The summed E-state index contributed by atoms with van der Waals surface area (Å²) in [6.07, 6.45) is -0.223. The molecule has 0 aromatic heterocycles. The van der Waals surface area contributed by atoms with E-state index in [1.807, 2.05) is 90.7 Å². The van der Waals surface area contributed by atoms with Crippen LogP contribution in [0.25, 0.3) is 0 Å². The zero-order valence-electron chi connectivity index (χ0n) is 18.7. The number of rotatable bonds is 7. The van der Waals surface area contributed by atoms with Crippen molar-refractivity contribution in [2.75, 3.05) is 11.9 Å². The van der Waals surface area contributed by atoms with Crippen LogP contribution in [-0.4, -0.2) is 23.3 Å². The Labute approximate surface area is 189 Å². The zero-order valence-corrected chi connectivity index (χ0v) is 18.7. The Kier molecular flexibility index (Phi) is 6.26. The van der Waals surface area contributed by atoms with Gasteiger partial charge in [-0.2, -0.15) is 0 Å². The van der Waals surface area contributed by atoms with Gasteiger partial charge in [0.25, 0.3) is 11.8 Å². The number of anilines is 1. The van der Waals surface area contributed by atoms with Crippen molar-refractivity contribution in [2.24, 2.45) is 5.92 Å². The first-order valence-electron chi connectivity index (χ1n) is 11.1. The van der Waals surface area contributed by atoms with E-state index in [2.05, 4.69) is 24.5 Å². The maximum atomic E-state index is 12.9. The third-order valence-corrected chi connectivity index (χ3v) is 5.72. The maximum absolute atomic E-state index is 12.9. The number of nitrogens with zero attached hydrogens (tertiary/aromatic N) is 1. The molecule has 0 spiro atoms. The lowest BCUT2D eigenvalue weighted by molar-refractivity contribution is 0.0720. The van der Waals surface area contributed by atoms with Crippen LogP contribution in [-0.2, 0) is 0 Å². The Bertz CT molecular complexity index is 1090. The third kappa shape index (κ3) is 4.52. The van der Waals surface area contributed by atoms with Gasteiger partial charge in [0.15, 0.2) is 0 Å². The minimum Gasteiger partial charge on any atom is -0.361 e. The first kappa shape index (κ1) is 21.6. The van der Waals surface area contributed by atoms with Crippen molar-refractivity contribution in [2.45, 2.75) is 33.0 Å². The largest absolute Gasteiger partial charge is 0.361 e. The van der Waals surface area contributed by atoms with Crippen LogP contribution >= 0.6 is 0 Å². The first-order valence-corrected chi connectivity index (χ1v) is 11.1. The third-order valence-electron chi connectivity index (χ3n) is 5.72. The number of amides is 2. The molecular formula is C27H29N3O2. The van der Waals surface area contributed by atoms with E-state index in [4.69, 9.17) is 0 Å². The molecule has 0 saturated carbocycles. The standard InChI is InChI=1S/C27H29N3O2/c1-18(2)17-30-25(23-11-7-8-12-24(23)27(30)32)29-22-15-13-21(14-16-22)26(31)28-19(3)20-9-5-4-6-10-20/h4-16,18-19,25,29H,17H2,1-3H3,(H,28,31)/t19-,25-/m1/s1. The lowest BCUT2D eigenvalue weighted by Crippen LogP contribution is -2.35. The van der Waals surface area contributed by atoms with Crippen LogP contribution in [0.5, 0.6) is 0 Å². The summed E-state index contributed by atoms with van der Waals surface area (Å²) >= 11 is 0. The fraction of sp³-hybridized carbons (Fsp3) is 0.259. The Hall–Kier alpha value is -3.60. The molecule has 1 aliphatic rings. The molecule has 2 atom stereocenters. The van der Waals surface area contributed by atoms with Crippen LogP contribution in [0.3, 0.4) is 0 Å². The highest BCUT2D eigenvalue weighted by Gasteiger charge is 2.36. The molecule has 3 aromatic rings. The molecule has 32 heavy (non-hydrogen) atoms. The number of carbonyl (C=O) groups is 2. The molecule has 0 fully saturated rings. The van der Waals surface area contributed by atoms with Crippen molar-refractivity contribution >= 4 is 17.5 Å². The quantitative estimate of drug-likeness (QED) is 0.531. The van der Waals surface area contributed by atoms with Crippen LogP contribution in [0.2, 0.25) is 0 Å². The zero-order chi connectivity index (χ0) is 22.7. The van der Waals surface area contributed by atoms with Crippen molar-refractivity contribution in [1.82, 2.24) is 10.2 Å². The molecule has 5 nitrogen and oxygen atoms in total. The van der Waals surface area contributed by atoms with Crippen LogP contribution < -0.4 is 10.6 Å². The SMILES string of the molecule is CC(C)CN1C(=O)c2ccccc2[C@@H]1Nc1ccc(C(=O)N[C@H](C)c2ccccc2)cc1. The molecule has 1 aliphatic heterocycles. The summed E-state index contributed by atoms with van der Waals surface area (Å²) in [5.74, 6) is 0.295. The number of fused-ring (bicyclic) bond motifs is 1. The van der Waals surface area contributed by atoms with Gasteiger partial charge in [0, 0.05) is 28.9 Å². The molecule has 2 amide bonds. The van der Waals surface area contributed by atoms with Gasteiger partial charge in [-0.25, -0.2) is 0 Å². The number of carbonyl (C=O) groups excluding carboxylic acids is 2. The van der Waals surface area contributed by atoms with Crippen molar-refractivity contribution < 1.29 is 9.59 Å². The fourth-order valence-corrected chi connectivity index (χ4v) is 4.09. The molecule has 0 bridgehead atoms. The van der Waals surface area contributed by atoms with Gasteiger partial charge in [-0.3, -0.25) is 9.59 Å². The van der Waals surface area contributed by atoms with E-state index in [1.165, 1.54) is 0 Å². The number of benzene rings is 3. The Morgan fingerprint density at radius 2 is 1.56 bits per heavy atom. The van der Waals surface area contributed by atoms with E-state index in [-0.39, 0.29) is 24.0 Å². The van der Waals surface area contributed by atoms with Gasteiger partial charge < -0.3 is 15.5 Å². The van der Waals surface area contributed by atoms with E-state index in [9.17, 15) is 9.59 Å². The highest BCUT2D eigenvalue weighted by Crippen LogP contribution is 2.34. The second kappa shape index (κ2) is 9.27. The second-order valence-corrected chi connectivity index (χ2v) is 8.67. The van der Waals surface area contributed by atoms with Gasteiger partial charge in [-0.1, -0.05) is 62.4 Å². The maximum Gasteiger partial charge on any atom is 0.256 e. The molecule has 0 radical (unpaired) electrons. The number of hydrogen-bond acceptors (Lipinski definition) is 3. The Morgan fingerprint density at radius 3 is 2.25 bits per heavy atom. The molecule has 3 aromatic carbocycles. The number of hydrogen-bond donors (Lipinski definition) is 2. The lowest BCUT2D eigenvalue weighted by atomic mass is 10.1. The van der Waals surface area contributed by atoms with E-state index < -0.39 is 0 Å². The van der Waals surface area contributed by atoms with Gasteiger partial charge in [0.2, 0.25) is 0 Å². The van der Waals surface area contributed by atoms with Gasteiger partial charge >= 0.3 is 0 Å². The highest BCUT2D eigenvalue weighted by molar-refractivity contribution is 5.99. The molecule has 2 N–H and O–H groups in total. The van der Waals surface area contributed by atoms with Crippen molar-refractivity contribution in [3.63, 3.8) is 0 Å². The minimum atomic E-state index is -0.223. The average molecular weight is 428 g/mol. The fourth-order valence-electron chi connectivity index (χ4n) is 4.09. The summed E-state index contributed by atoms with van der Waals surface area (Å²) < 4.78 is 0. The Morgan fingerprint density at radius 1 is 0.906 bits per heavy atom. The number of nitrogens with one attached hydrogen (secondary N) is 2. The van der Waals surface area contributed by atoms with Crippen molar-refractivity contribution in [3.8, 4) is 0 Å². The van der Waals surface area contributed by atoms with Crippen LogP contribution in [0, 0.1) is 5.92 Å². The average Bonchev–Trinajstić information content (AvgIpc) is 3.05.